The van der Waals surface area contributed by atoms with Crippen molar-refractivity contribution in [1.29, 1.82) is 5.26 Å². The van der Waals surface area contributed by atoms with E-state index in [1.165, 1.54) is 5.56 Å². The van der Waals surface area contributed by atoms with Crippen LogP contribution in [0.2, 0.25) is 0 Å². The highest BCUT2D eigenvalue weighted by molar-refractivity contribution is 5.25. The van der Waals surface area contributed by atoms with Crippen LogP contribution in [0.15, 0.2) is 36.4 Å². The van der Waals surface area contributed by atoms with Crippen molar-refractivity contribution in [3.05, 3.63) is 47.5 Å². The zero-order chi connectivity index (χ0) is 16.4. The highest BCUT2D eigenvalue weighted by Gasteiger charge is 2.03. The number of rotatable bonds is 6. The number of benzene rings is 1. The predicted molar refractivity (Wildman–Crippen MR) is 93.1 cm³/mol. The molecule has 0 radical (unpaired) electrons. The Bertz CT molecular complexity index is 589. The van der Waals surface area contributed by atoms with Crippen LogP contribution in [-0.2, 0) is 13.0 Å². The van der Waals surface area contributed by atoms with E-state index in [2.05, 4.69) is 68.7 Å². The van der Waals surface area contributed by atoms with E-state index < -0.39 is 0 Å². The molecular formula is C20H26N2. The molecule has 1 aromatic rings. The van der Waals surface area contributed by atoms with E-state index in [0.717, 1.165) is 25.2 Å². The lowest BCUT2D eigenvalue weighted by molar-refractivity contribution is 0.311. The van der Waals surface area contributed by atoms with Gasteiger partial charge >= 0.3 is 0 Å². The predicted octanol–water partition coefficient (Wildman–Crippen LogP) is 4.18. The number of hydrogen-bond acceptors (Lipinski definition) is 2. The topological polar surface area (TPSA) is 27.0 Å². The van der Waals surface area contributed by atoms with Gasteiger partial charge in [-0.2, -0.15) is 5.26 Å². The van der Waals surface area contributed by atoms with Crippen molar-refractivity contribution < 1.29 is 0 Å². The highest BCUT2D eigenvalue weighted by Crippen LogP contribution is 2.10. The smallest absolute Gasteiger partial charge is 0.0669 e. The Labute approximate surface area is 135 Å². The van der Waals surface area contributed by atoms with E-state index in [4.69, 9.17) is 5.26 Å². The minimum atomic E-state index is 0.0516. The quantitative estimate of drug-likeness (QED) is 0.736. The summed E-state index contributed by atoms with van der Waals surface area (Å²) in [5, 5.41) is 8.78. The Morgan fingerprint density at radius 1 is 1.23 bits per heavy atom. The lowest BCUT2D eigenvalue weighted by Crippen LogP contribution is -2.22. The molecule has 2 heteroatoms. The number of nitrogens with zero attached hydrogens (tertiary/aromatic N) is 2. The maximum absolute atomic E-state index is 8.78. The molecule has 0 unspecified atom stereocenters. The van der Waals surface area contributed by atoms with Gasteiger partial charge in [-0.1, -0.05) is 49.1 Å². The van der Waals surface area contributed by atoms with Gasteiger partial charge in [0.1, 0.15) is 0 Å². The van der Waals surface area contributed by atoms with Gasteiger partial charge in [0.05, 0.1) is 12.5 Å². The van der Waals surface area contributed by atoms with Gasteiger partial charge in [0.25, 0.3) is 0 Å². The summed E-state index contributed by atoms with van der Waals surface area (Å²) in [7, 11) is 0. The fourth-order valence-electron chi connectivity index (χ4n) is 2.01. The Balaban J connectivity index is 2.58. The van der Waals surface area contributed by atoms with Crippen LogP contribution in [0.3, 0.4) is 0 Å². The third kappa shape index (κ3) is 7.67. The third-order valence-corrected chi connectivity index (χ3v) is 3.14. The van der Waals surface area contributed by atoms with Crippen molar-refractivity contribution >= 4 is 0 Å². The normalized spacial score (nSPS) is 11.3. The summed E-state index contributed by atoms with van der Waals surface area (Å²) in [5.74, 6) is 6.30. The molecule has 0 aliphatic carbocycles. The van der Waals surface area contributed by atoms with Crippen LogP contribution in [0.1, 0.15) is 38.8 Å². The van der Waals surface area contributed by atoms with E-state index in [1.807, 2.05) is 18.2 Å². The van der Waals surface area contributed by atoms with Crippen LogP contribution in [0.5, 0.6) is 0 Å². The summed E-state index contributed by atoms with van der Waals surface area (Å²) in [5.41, 5.74) is 2.39. The minimum Gasteiger partial charge on any atom is -0.296 e. The molecule has 0 saturated heterocycles. The van der Waals surface area contributed by atoms with Crippen LogP contribution in [0.25, 0.3) is 0 Å². The molecule has 1 aromatic carbocycles. The summed E-state index contributed by atoms with van der Waals surface area (Å²) in [6, 6.07) is 10.5. The van der Waals surface area contributed by atoms with Crippen LogP contribution in [0, 0.1) is 28.6 Å². The van der Waals surface area contributed by atoms with Gasteiger partial charge in [-0.15, -0.1) is 0 Å². The molecular weight excluding hydrogens is 268 g/mol. The zero-order valence-electron chi connectivity index (χ0n) is 14.2. The molecule has 0 atom stereocenters. The average Bonchev–Trinajstić information content (AvgIpc) is 2.45. The third-order valence-electron chi connectivity index (χ3n) is 3.14. The number of nitriles is 1. The van der Waals surface area contributed by atoms with Gasteiger partial charge < -0.3 is 0 Å². The minimum absolute atomic E-state index is 0.0516. The first kappa shape index (κ1) is 18.0. The molecule has 0 N–H and O–H groups in total. The van der Waals surface area contributed by atoms with Crippen molar-refractivity contribution in [3.8, 4) is 17.9 Å². The van der Waals surface area contributed by atoms with E-state index in [0.29, 0.717) is 6.42 Å². The van der Waals surface area contributed by atoms with Gasteiger partial charge in [-0.3, -0.25) is 4.90 Å². The van der Waals surface area contributed by atoms with Crippen molar-refractivity contribution in [3.63, 3.8) is 0 Å². The summed E-state index contributed by atoms with van der Waals surface area (Å²) >= 11 is 0. The molecule has 116 valence electrons. The van der Waals surface area contributed by atoms with Gasteiger partial charge in [-0.25, -0.2) is 0 Å². The van der Waals surface area contributed by atoms with Crippen LogP contribution >= 0.6 is 0 Å². The average molecular weight is 294 g/mol. The molecule has 0 saturated carbocycles. The lowest BCUT2D eigenvalue weighted by Gasteiger charge is -2.18. The second kappa shape index (κ2) is 9.08. The van der Waals surface area contributed by atoms with Crippen LogP contribution < -0.4 is 0 Å². The molecule has 2 nitrogen and oxygen atoms in total. The molecule has 0 aromatic heterocycles. The van der Waals surface area contributed by atoms with Crippen molar-refractivity contribution in [2.24, 2.45) is 5.41 Å². The molecule has 0 spiro atoms. The SMILES string of the molecule is CCN(C/C=C/C#CC(C)(C)C)Cc1cccc(CC#N)c1. The van der Waals surface area contributed by atoms with E-state index >= 15 is 0 Å². The molecule has 22 heavy (non-hydrogen) atoms. The van der Waals surface area contributed by atoms with Crippen LogP contribution in [0.4, 0.5) is 0 Å². The van der Waals surface area contributed by atoms with Gasteiger partial charge in [-0.05, 0) is 44.5 Å². The monoisotopic (exact) mass is 294 g/mol. The Morgan fingerprint density at radius 3 is 2.59 bits per heavy atom. The van der Waals surface area contributed by atoms with Gasteiger partial charge in [0.15, 0.2) is 0 Å². The van der Waals surface area contributed by atoms with Crippen LogP contribution in [-0.4, -0.2) is 18.0 Å². The highest BCUT2D eigenvalue weighted by atomic mass is 15.1. The second-order valence-electron chi connectivity index (χ2n) is 6.40. The molecule has 0 aliphatic heterocycles. The van der Waals surface area contributed by atoms with Gasteiger partial charge in [0.2, 0.25) is 0 Å². The Morgan fingerprint density at radius 2 is 1.95 bits per heavy atom. The van der Waals surface area contributed by atoms with Crippen molar-refractivity contribution in [1.82, 2.24) is 4.90 Å². The maximum atomic E-state index is 8.78. The molecule has 0 bridgehead atoms. The fourth-order valence-corrected chi connectivity index (χ4v) is 2.01. The number of allylic oxidation sites excluding steroid dienone is 1. The molecule has 0 aliphatic rings. The number of likely N-dealkylation sites (N-methyl/N-ethyl adjacent to an activating group) is 1. The largest absolute Gasteiger partial charge is 0.296 e. The second-order valence-corrected chi connectivity index (χ2v) is 6.40. The Hall–Kier alpha value is -2.03. The summed E-state index contributed by atoms with van der Waals surface area (Å²) < 4.78 is 0. The molecule has 0 fully saturated rings. The standard InChI is InChI=1S/C20H26N2/c1-5-22(15-8-6-7-13-20(2,3)4)17-19-11-9-10-18(16-19)12-14-21/h6,8-11,16H,5,12,15,17H2,1-4H3/b8-6+. The van der Waals surface area contributed by atoms with E-state index in [9.17, 15) is 0 Å². The van der Waals surface area contributed by atoms with E-state index in [1.54, 1.807) is 0 Å². The van der Waals surface area contributed by atoms with Crippen molar-refractivity contribution in [2.45, 2.75) is 40.7 Å². The molecule has 0 heterocycles. The molecule has 0 amide bonds. The maximum Gasteiger partial charge on any atom is 0.0669 e. The zero-order valence-corrected chi connectivity index (χ0v) is 14.2. The summed E-state index contributed by atoms with van der Waals surface area (Å²) in [4.78, 5) is 2.35. The lowest BCUT2D eigenvalue weighted by atomic mass is 9.98. The van der Waals surface area contributed by atoms with E-state index in [-0.39, 0.29) is 5.41 Å². The molecule has 1 rings (SSSR count). The summed E-state index contributed by atoms with van der Waals surface area (Å²) in [6.07, 6.45) is 4.53. The van der Waals surface area contributed by atoms with Crippen molar-refractivity contribution in [2.75, 3.05) is 13.1 Å². The fraction of sp³-hybridized carbons (Fsp3) is 0.450. The first-order chi connectivity index (χ1) is 10.4. The van der Waals surface area contributed by atoms with Gasteiger partial charge in [0, 0.05) is 18.5 Å². The first-order valence-electron chi connectivity index (χ1n) is 7.79. The first-order valence-corrected chi connectivity index (χ1v) is 7.79. The Kier molecular flexibility index (Phi) is 7.44. The summed E-state index contributed by atoms with van der Waals surface area (Å²) in [6.45, 7) is 11.3. The number of hydrogen-bond donors (Lipinski definition) is 0.